The summed E-state index contributed by atoms with van der Waals surface area (Å²) in [5.74, 6) is 5.61. The summed E-state index contributed by atoms with van der Waals surface area (Å²) in [4.78, 5) is 11.3. The van der Waals surface area contributed by atoms with Crippen LogP contribution in [0.1, 0.15) is 25.3 Å². The normalized spacial score (nSPS) is 10.2. The first-order valence-electron chi connectivity index (χ1n) is 4.26. The van der Waals surface area contributed by atoms with Crippen molar-refractivity contribution >= 4 is 5.69 Å². The highest BCUT2D eigenvalue weighted by atomic mass is 16.1. The fourth-order valence-corrected chi connectivity index (χ4v) is 1.09. The molecule has 3 N–H and O–H groups in total. The van der Waals surface area contributed by atoms with Gasteiger partial charge in [-0.15, -0.1) is 0 Å². The van der Waals surface area contributed by atoms with Gasteiger partial charge in [0.15, 0.2) is 0 Å². The summed E-state index contributed by atoms with van der Waals surface area (Å²) in [5.41, 5.74) is 3.84. The first kappa shape index (κ1) is 9.74. The second kappa shape index (κ2) is 4.05. The summed E-state index contributed by atoms with van der Waals surface area (Å²) < 4.78 is 0. The van der Waals surface area contributed by atoms with Gasteiger partial charge >= 0.3 is 0 Å². The first-order chi connectivity index (χ1) is 6.15. The SMILES string of the molecule is CC(C)c1cccc(=O)c(NN)c1. The molecule has 0 saturated heterocycles. The van der Waals surface area contributed by atoms with E-state index < -0.39 is 0 Å². The van der Waals surface area contributed by atoms with Crippen LogP contribution in [0.2, 0.25) is 0 Å². The number of nitrogens with two attached hydrogens (primary N) is 1. The van der Waals surface area contributed by atoms with Gasteiger partial charge in [-0.1, -0.05) is 26.0 Å². The summed E-state index contributed by atoms with van der Waals surface area (Å²) >= 11 is 0. The quantitative estimate of drug-likeness (QED) is 0.532. The van der Waals surface area contributed by atoms with Crippen molar-refractivity contribution < 1.29 is 0 Å². The zero-order chi connectivity index (χ0) is 9.84. The third-order valence-electron chi connectivity index (χ3n) is 1.93. The predicted molar refractivity (Wildman–Crippen MR) is 54.6 cm³/mol. The lowest BCUT2D eigenvalue weighted by molar-refractivity contribution is 0.868. The van der Waals surface area contributed by atoms with Crippen LogP contribution in [0.15, 0.2) is 29.1 Å². The molecule has 3 heteroatoms. The number of anilines is 1. The maximum Gasteiger partial charge on any atom is 0.202 e. The van der Waals surface area contributed by atoms with E-state index in [1.807, 2.05) is 6.07 Å². The van der Waals surface area contributed by atoms with Gasteiger partial charge in [0.05, 0.1) is 5.69 Å². The zero-order valence-corrected chi connectivity index (χ0v) is 7.87. The molecular weight excluding hydrogens is 164 g/mol. The molecule has 0 radical (unpaired) electrons. The van der Waals surface area contributed by atoms with Crippen molar-refractivity contribution in [3.63, 3.8) is 0 Å². The van der Waals surface area contributed by atoms with Gasteiger partial charge in [-0.2, -0.15) is 0 Å². The van der Waals surface area contributed by atoms with E-state index in [0.717, 1.165) is 5.56 Å². The zero-order valence-electron chi connectivity index (χ0n) is 7.87. The molecule has 3 nitrogen and oxygen atoms in total. The average molecular weight is 178 g/mol. The Morgan fingerprint density at radius 1 is 1.38 bits per heavy atom. The van der Waals surface area contributed by atoms with Crippen LogP contribution >= 0.6 is 0 Å². The van der Waals surface area contributed by atoms with Gasteiger partial charge in [0.25, 0.3) is 0 Å². The highest BCUT2D eigenvalue weighted by molar-refractivity contribution is 5.43. The molecule has 0 atom stereocenters. The van der Waals surface area contributed by atoms with Gasteiger partial charge in [0, 0.05) is 0 Å². The van der Waals surface area contributed by atoms with Gasteiger partial charge in [-0.25, -0.2) is 0 Å². The van der Waals surface area contributed by atoms with Crippen molar-refractivity contribution in [3.05, 3.63) is 40.1 Å². The van der Waals surface area contributed by atoms with Crippen molar-refractivity contribution in [1.82, 2.24) is 0 Å². The van der Waals surface area contributed by atoms with Crippen molar-refractivity contribution in [2.24, 2.45) is 5.84 Å². The van der Waals surface area contributed by atoms with Crippen molar-refractivity contribution in [2.45, 2.75) is 19.8 Å². The Balaban J connectivity index is 3.31. The molecule has 1 aromatic rings. The number of hydrogen-bond acceptors (Lipinski definition) is 3. The van der Waals surface area contributed by atoms with Gasteiger partial charge in [0.2, 0.25) is 5.43 Å². The molecule has 1 rings (SSSR count). The number of nitrogen functional groups attached to an aromatic ring is 1. The minimum Gasteiger partial charge on any atom is -0.321 e. The minimum atomic E-state index is -0.0885. The summed E-state index contributed by atoms with van der Waals surface area (Å²) in [6.07, 6.45) is 0. The van der Waals surface area contributed by atoms with E-state index in [-0.39, 0.29) is 5.43 Å². The summed E-state index contributed by atoms with van der Waals surface area (Å²) in [6, 6.07) is 6.96. The third kappa shape index (κ3) is 2.29. The topological polar surface area (TPSA) is 55.1 Å². The molecule has 1 aromatic carbocycles. The van der Waals surface area contributed by atoms with Crippen LogP contribution in [0.4, 0.5) is 5.69 Å². The second-order valence-electron chi connectivity index (χ2n) is 3.25. The lowest BCUT2D eigenvalue weighted by atomic mass is 10.1. The molecule has 0 aromatic heterocycles. The minimum absolute atomic E-state index is 0.0885. The summed E-state index contributed by atoms with van der Waals surface area (Å²) in [5, 5.41) is 0. The van der Waals surface area contributed by atoms with E-state index >= 15 is 0 Å². The third-order valence-corrected chi connectivity index (χ3v) is 1.93. The van der Waals surface area contributed by atoms with Gasteiger partial charge in [-0.05, 0) is 23.6 Å². The molecule has 0 unspecified atom stereocenters. The van der Waals surface area contributed by atoms with E-state index in [4.69, 9.17) is 5.84 Å². The van der Waals surface area contributed by atoms with E-state index in [9.17, 15) is 4.79 Å². The molecule has 0 saturated carbocycles. The van der Waals surface area contributed by atoms with Gasteiger partial charge in [-0.3, -0.25) is 10.6 Å². The van der Waals surface area contributed by atoms with Crippen LogP contribution in [0, 0.1) is 0 Å². The molecule has 0 aliphatic rings. The molecular formula is C10H14N2O. The standard InChI is InChI=1S/C10H14N2O/c1-7(2)8-4-3-5-10(13)9(6-8)12-11/h3-7H,11H2,1-2H3,(H,12,13). The summed E-state index contributed by atoms with van der Waals surface area (Å²) in [7, 11) is 0. The molecule has 0 amide bonds. The number of rotatable bonds is 2. The lowest BCUT2D eigenvalue weighted by Crippen LogP contribution is -2.14. The number of nitrogens with one attached hydrogen (secondary N) is 1. The van der Waals surface area contributed by atoms with Crippen LogP contribution in [-0.4, -0.2) is 0 Å². The van der Waals surface area contributed by atoms with Crippen molar-refractivity contribution in [3.8, 4) is 0 Å². The Bertz CT molecular complexity index is 347. The Morgan fingerprint density at radius 2 is 2.08 bits per heavy atom. The highest BCUT2D eigenvalue weighted by Gasteiger charge is 2.00. The Kier molecular flexibility index (Phi) is 3.03. The van der Waals surface area contributed by atoms with E-state index in [2.05, 4.69) is 19.3 Å². The fraction of sp³-hybridized carbons (Fsp3) is 0.300. The van der Waals surface area contributed by atoms with Crippen LogP contribution in [0.5, 0.6) is 0 Å². The number of hydrazine groups is 1. The highest BCUT2D eigenvalue weighted by Crippen LogP contribution is 2.14. The molecule has 0 aliphatic heterocycles. The molecule has 70 valence electrons. The molecule has 0 heterocycles. The first-order valence-corrected chi connectivity index (χ1v) is 4.26. The van der Waals surface area contributed by atoms with Crippen LogP contribution in [0.3, 0.4) is 0 Å². The monoisotopic (exact) mass is 178 g/mol. The Morgan fingerprint density at radius 3 is 2.62 bits per heavy atom. The molecule has 0 spiro atoms. The van der Waals surface area contributed by atoms with Gasteiger partial charge in [0.1, 0.15) is 0 Å². The van der Waals surface area contributed by atoms with Crippen LogP contribution in [0.25, 0.3) is 0 Å². The fourth-order valence-electron chi connectivity index (χ4n) is 1.09. The maximum absolute atomic E-state index is 11.3. The smallest absolute Gasteiger partial charge is 0.202 e. The largest absolute Gasteiger partial charge is 0.321 e. The number of hydrogen-bond donors (Lipinski definition) is 2. The van der Waals surface area contributed by atoms with Crippen molar-refractivity contribution in [1.29, 1.82) is 0 Å². The Hall–Kier alpha value is -1.35. The second-order valence-corrected chi connectivity index (χ2v) is 3.25. The lowest BCUT2D eigenvalue weighted by Gasteiger charge is -2.02. The maximum atomic E-state index is 11.3. The molecule has 0 fully saturated rings. The van der Waals surface area contributed by atoms with E-state index in [1.165, 1.54) is 6.07 Å². The predicted octanol–water partition coefficient (Wildman–Crippen LogP) is 1.46. The molecule has 0 aliphatic carbocycles. The molecule has 0 bridgehead atoms. The van der Waals surface area contributed by atoms with Crippen molar-refractivity contribution in [2.75, 3.05) is 5.43 Å². The van der Waals surface area contributed by atoms with Gasteiger partial charge < -0.3 is 5.43 Å². The van der Waals surface area contributed by atoms with Crippen LogP contribution in [-0.2, 0) is 0 Å². The van der Waals surface area contributed by atoms with Crippen LogP contribution < -0.4 is 16.7 Å². The van der Waals surface area contributed by atoms with E-state index in [0.29, 0.717) is 11.6 Å². The average Bonchev–Trinajstić information content (AvgIpc) is 2.27. The Labute approximate surface area is 77.6 Å². The van der Waals surface area contributed by atoms with E-state index in [1.54, 1.807) is 12.1 Å². The summed E-state index contributed by atoms with van der Waals surface area (Å²) in [6.45, 7) is 4.14. The molecule has 13 heavy (non-hydrogen) atoms.